The molecule has 1 heterocycles. The van der Waals surface area contributed by atoms with Gasteiger partial charge in [-0.2, -0.15) is 0 Å². The summed E-state index contributed by atoms with van der Waals surface area (Å²) < 4.78 is 0.0438. The Morgan fingerprint density at radius 3 is 1.04 bits per heavy atom. The molecule has 0 aromatic heterocycles. The van der Waals surface area contributed by atoms with E-state index in [9.17, 15) is 0 Å². The summed E-state index contributed by atoms with van der Waals surface area (Å²) in [6.45, 7) is 10.3. The van der Waals surface area contributed by atoms with Gasteiger partial charge in [-0.15, -0.1) is 11.8 Å². The summed E-state index contributed by atoms with van der Waals surface area (Å²) >= 11 is 2.62. The summed E-state index contributed by atoms with van der Waals surface area (Å²) in [6.07, 6.45) is 0. The Balaban J connectivity index is 1.00. The summed E-state index contributed by atoms with van der Waals surface area (Å²) in [5.74, 6) is 14.3. The molecule has 11 aromatic rings. The summed E-state index contributed by atoms with van der Waals surface area (Å²) in [7, 11) is 0. The largest absolute Gasteiger partial charge is 0.112 e. The molecule has 0 radical (unpaired) electrons. The van der Waals surface area contributed by atoms with Gasteiger partial charge >= 0.3 is 0 Å². The molecule has 0 saturated heterocycles. The van der Waals surface area contributed by atoms with E-state index in [1.807, 2.05) is 197 Å². The fraction of sp³-hybridized carbons (Fsp3) is 0.389. The van der Waals surface area contributed by atoms with Crippen molar-refractivity contribution in [1.82, 2.24) is 0 Å². The Morgan fingerprint density at radius 1 is 0.301 bits per heavy atom. The first-order chi connectivity index (χ1) is 36.1. The molecule has 22 aliphatic carbocycles. The number of thioether (sulfide) groups is 1. The van der Waals surface area contributed by atoms with E-state index in [0.717, 1.165) is 0 Å². The zero-order valence-electron chi connectivity index (χ0n) is 40.3. The van der Waals surface area contributed by atoms with Crippen molar-refractivity contribution >= 4 is 97.9 Å². The lowest BCUT2D eigenvalue weighted by atomic mass is 9.39. The smallest absolute Gasteiger partial charge is 0.0645 e. The van der Waals surface area contributed by atoms with Gasteiger partial charge in [-0.1, -0.05) is 33.8 Å². The lowest BCUT2D eigenvalue weighted by molar-refractivity contribution is 0.0336. The standard InChI is InChI=1S/C72H36S/c1-7(2)9-5-10(8(3)4)66-11(6-9)73-72-69-62-56-46-34-26-18-14-12-13-16-20(18)28(34)38-32-24(16)25-17(13)21-19-15(12)23-22(14)30-36(26)44-50-40(30)41-31(23)37-27(19)35-29(21)39-33(25)43-42(32)54(48(38)56)64(69)65-55(43)49(39)57-47(35)53-45(37)51(41)59-58(50)67(60(62)52(44)46)71(66,72)68(59)61(53)63(57)70(65)72/h5-8,14,16,18,20,22,24,30,32,40-43,51,55,59,61,63,65,68,70H,1-4H3. The van der Waals surface area contributed by atoms with Crippen molar-refractivity contribution < 1.29 is 0 Å². The molecule has 330 valence electrons. The Hall–Kier alpha value is -5.37. The Bertz CT molecular complexity index is 5600. The highest BCUT2D eigenvalue weighted by molar-refractivity contribution is 8.00. The first-order valence-corrected chi connectivity index (χ1v) is 31.0. The molecule has 11 aromatic carbocycles. The van der Waals surface area contributed by atoms with Gasteiger partial charge < -0.3 is 0 Å². The molecule has 1 heteroatoms. The third kappa shape index (κ3) is 1.72. The highest BCUT2D eigenvalue weighted by Gasteiger charge is 2.90. The quantitative estimate of drug-likeness (QED) is 0.156. The Morgan fingerprint density at radius 2 is 0.616 bits per heavy atom. The van der Waals surface area contributed by atoms with Crippen LogP contribution < -0.4 is 0 Å². The maximum atomic E-state index is 2.89. The average Bonchev–Trinajstić information content (AvgIpc) is 3.69. The van der Waals surface area contributed by atoms with Gasteiger partial charge in [0.2, 0.25) is 0 Å². The fourth-order valence-electron chi connectivity index (χ4n) is 32.8. The van der Waals surface area contributed by atoms with Crippen LogP contribution in [0.2, 0.25) is 0 Å². The van der Waals surface area contributed by atoms with Crippen LogP contribution in [-0.2, 0) is 10.2 Å². The van der Waals surface area contributed by atoms with E-state index in [-0.39, 0.29) is 10.2 Å². The first kappa shape index (κ1) is 30.2. The van der Waals surface area contributed by atoms with Crippen LogP contribution in [0.1, 0.15) is 274 Å². The number of hydrogen-bond acceptors (Lipinski definition) is 1. The molecule has 1 aliphatic heterocycles. The zero-order valence-corrected chi connectivity index (χ0v) is 41.1. The van der Waals surface area contributed by atoms with Crippen LogP contribution in [0.4, 0.5) is 0 Å². The number of hydrogen-bond donors (Lipinski definition) is 0. The molecule has 1 fully saturated rings. The molecule has 0 bridgehead atoms. The fourth-order valence-corrected chi connectivity index (χ4v) is 35.0. The van der Waals surface area contributed by atoms with E-state index in [4.69, 9.17) is 0 Å². The molecule has 0 nitrogen and oxygen atoms in total. The molecule has 22 unspecified atom stereocenters. The molecule has 23 aliphatic rings. The summed E-state index contributed by atoms with van der Waals surface area (Å²) in [6, 6.07) is 5.75. The Labute approximate surface area is 419 Å². The maximum Gasteiger partial charge on any atom is 0.0645 e. The minimum absolute atomic E-state index is 0.00958. The van der Waals surface area contributed by atoms with Crippen molar-refractivity contribution in [2.75, 3.05) is 0 Å². The van der Waals surface area contributed by atoms with Gasteiger partial charge in [0.05, 0.1) is 4.75 Å². The lowest BCUT2D eigenvalue weighted by Gasteiger charge is -2.65. The van der Waals surface area contributed by atoms with Crippen molar-refractivity contribution in [2.24, 2.45) is 11.8 Å². The van der Waals surface area contributed by atoms with Crippen molar-refractivity contribution in [2.45, 2.75) is 161 Å². The van der Waals surface area contributed by atoms with Crippen molar-refractivity contribution in [1.29, 1.82) is 0 Å². The normalized spacial score (nSPS) is 46.7. The van der Waals surface area contributed by atoms with E-state index >= 15 is 0 Å². The van der Waals surface area contributed by atoms with Crippen LogP contribution in [-0.4, -0.2) is 0 Å². The van der Waals surface area contributed by atoms with Gasteiger partial charge in [-0.25, -0.2) is 0 Å². The summed E-state index contributed by atoms with van der Waals surface area (Å²) in [5.41, 5.74) is 50.0. The second-order valence-electron chi connectivity index (χ2n) is 31.4. The van der Waals surface area contributed by atoms with Crippen LogP contribution in [0.3, 0.4) is 0 Å². The third-order valence-electron chi connectivity index (χ3n) is 31.6. The van der Waals surface area contributed by atoms with Crippen LogP contribution in [0.25, 0.3) is 97.3 Å². The third-order valence-corrected chi connectivity index (χ3v) is 33.3. The summed E-state index contributed by atoms with van der Waals surface area (Å²) in [5, 5.41) is 30.8. The molecule has 22 atom stereocenters. The lowest BCUT2D eigenvalue weighted by Crippen LogP contribution is -2.62. The number of rotatable bonds is 2. The average molecular weight is 933 g/mol. The molecule has 34 rings (SSSR count). The van der Waals surface area contributed by atoms with Gasteiger partial charge in [0, 0.05) is 10.3 Å². The predicted octanol–water partition coefficient (Wildman–Crippen LogP) is 16.7. The molecule has 1 saturated carbocycles. The van der Waals surface area contributed by atoms with Crippen molar-refractivity contribution in [3.8, 4) is 11.1 Å². The number of benzene rings is 10. The Kier molecular flexibility index (Phi) is 2.93. The molecular weight excluding hydrogens is 897 g/mol. The van der Waals surface area contributed by atoms with E-state index in [1.165, 1.54) is 0 Å². The van der Waals surface area contributed by atoms with Crippen molar-refractivity contribution in [3.05, 3.63) is 140 Å². The van der Waals surface area contributed by atoms with Gasteiger partial charge in [0.25, 0.3) is 0 Å². The van der Waals surface area contributed by atoms with Crippen molar-refractivity contribution in [3.63, 3.8) is 0 Å². The molecule has 0 N–H and O–H groups in total. The zero-order chi connectivity index (χ0) is 44.1. The predicted molar refractivity (Wildman–Crippen MR) is 285 cm³/mol. The molecule has 73 heavy (non-hydrogen) atoms. The van der Waals surface area contributed by atoms with Crippen LogP contribution in [0, 0.1) is 11.8 Å². The van der Waals surface area contributed by atoms with Crippen LogP contribution in [0.15, 0.2) is 17.0 Å². The first-order valence-electron chi connectivity index (χ1n) is 30.1. The molecule has 0 amide bonds. The van der Waals surface area contributed by atoms with Gasteiger partial charge in [-0.05, 0) is 362 Å². The summed E-state index contributed by atoms with van der Waals surface area (Å²) in [4.78, 5) is 1.77. The second kappa shape index (κ2) is 7.06. The van der Waals surface area contributed by atoms with Crippen LogP contribution >= 0.6 is 11.8 Å². The second-order valence-corrected chi connectivity index (χ2v) is 32.7. The van der Waals surface area contributed by atoms with Gasteiger partial charge in [0.1, 0.15) is 0 Å². The van der Waals surface area contributed by atoms with E-state index < -0.39 is 0 Å². The maximum absolute atomic E-state index is 2.89. The molecule has 2 spiro atoms. The highest BCUT2D eigenvalue weighted by atomic mass is 32.2. The van der Waals surface area contributed by atoms with Crippen LogP contribution in [0.5, 0.6) is 0 Å². The minimum Gasteiger partial charge on any atom is -0.112 e. The minimum atomic E-state index is 0.00958. The van der Waals surface area contributed by atoms with Gasteiger partial charge in [-0.3, -0.25) is 0 Å². The van der Waals surface area contributed by atoms with E-state index in [0.29, 0.717) is 130 Å². The SMILES string of the molecule is CC(C)c1cc2c(c(C(C)C)c1)C13c4c5c6c7c8c9c%10c%11c%12c%13c%14c%15c(c%16c%13c%10c7c4-%16)C1(S2)C1C%15C2c4c7c%10c%13c%15c%16c%17c%18c%19c%20c%21c%22c%23c(c4c4c%22c%19c%16c%104)C2C%14C%12C%23C%21C%11C9C%20C%18C8C6C%17C%15C5C3C%13C71. The molecular formula is C72H36S. The van der Waals surface area contributed by atoms with E-state index in [1.54, 1.807) is 16.0 Å². The number of fused-ring (bicyclic) bond motifs is 1. The highest BCUT2D eigenvalue weighted by Crippen LogP contribution is 3.01. The van der Waals surface area contributed by atoms with Gasteiger partial charge in [0.15, 0.2) is 0 Å². The monoisotopic (exact) mass is 932 g/mol. The van der Waals surface area contributed by atoms with E-state index in [2.05, 4.69) is 68.3 Å². The topological polar surface area (TPSA) is 0 Å².